The average Bonchev–Trinajstić information content (AvgIpc) is 2.04. The van der Waals surface area contributed by atoms with Crippen LogP contribution in [0.5, 0.6) is 0 Å². The Morgan fingerprint density at radius 1 is 1.82 bits per heavy atom. The smallest absolute Gasteiger partial charge is 0.227 e. The minimum Gasteiger partial charge on any atom is -0.381 e. The summed E-state index contributed by atoms with van der Waals surface area (Å²) in [6.07, 6.45) is 0.873. The molecule has 1 aliphatic rings. The molecule has 4 heteroatoms. The molecule has 64 valence electrons. The second-order valence-electron chi connectivity index (χ2n) is 2.70. The first kappa shape index (κ1) is 8.49. The molecular formula is C7H14N2O2. The molecule has 4 nitrogen and oxygen atoms in total. The summed E-state index contributed by atoms with van der Waals surface area (Å²) in [7, 11) is 1.62. The molecule has 1 amide bonds. The van der Waals surface area contributed by atoms with Gasteiger partial charge in [-0.25, -0.2) is 0 Å². The Balaban J connectivity index is 2.56. The molecular weight excluding hydrogens is 144 g/mol. The van der Waals surface area contributed by atoms with Gasteiger partial charge in [0.25, 0.3) is 0 Å². The van der Waals surface area contributed by atoms with Gasteiger partial charge in [-0.15, -0.1) is 0 Å². The van der Waals surface area contributed by atoms with Gasteiger partial charge in [-0.05, 0) is 6.42 Å². The lowest BCUT2D eigenvalue weighted by atomic mass is 9.95. The first-order chi connectivity index (χ1) is 5.29. The summed E-state index contributed by atoms with van der Waals surface area (Å²) in [6, 6.07) is 0. The number of ether oxygens (including phenoxy) is 1. The Hall–Kier alpha value is -0.610. The van der Waals surface area contributed by atoms with E-state index in [1.54, 1.807) is 7.11 Å². The molecule has 0 bridgehead atoms. The van der Waals surface area contributed by atoms with E-state index < -0.39 is 0 Å². The van der Waals surface area contributed by atoms with Crippen LogP contribution in [0.1, 0.15) is 6.42 Å². The summed E-state index contributed by atoms with van der Waals surface area (Å²) in [5, 5.41) is 2.75. The van der Waals surface area contributed by atoms with Crippen LogP contribution >= 0.6 is 0 Å². The molecule has 2 atom stereocenters. The van der Waals surface area contributed by atoms with Gasteiger partial charge in [0.05, 0.1) is 12.0 Å². The maximum atomic E-state index is 11.1. The van der Waals surface area contributed by atoms with E-state index >= 15 is 0 Å². The molecule has 1 rings (SSSR count). The van der Waals surface area contributed by atoms with Crippen LogP contribution in [0.25, 0.3) is 0 Å². The number of carbonyl (C=O) groups excluding carboxylic acids is 1. The van der Waals surface area contributed by atoms with Crippen LogP contribution < -0.4 is 11.1 Å². The van der Waals surface area contributed by atoms with Gasteiger partial charge < -0.3 is 15.8 Å². The predicted octanol–water partition coefficient (Wildman–Crippen LogP) is -0.904. The topological polar surface area (TPSA) is 64.3 Å². The maximum absolute atomic E-state index is 11.1. The third-order valence-corrected chi connectivity index (χ3v) is 2.07. The average molecular weight is 158 g/mol. The van der Waals surface area contributed by atoms with Crippen molar-refractivity contribution in [1.82, 2.24) is 5.32 Å². The first-order valence-corrected chi connectivity index (χ1v) is 3.80. The number of carbonyl (C=O) groups is 1. The number of rotatable bonds is 2. The third-order valence-electron chi connectivity index (χ3n) is 2.07. The molecule has 0 aliphatic carbocycles. The van der Waals surface area contributed by atoms with Gasteiger partial charge in [0.1, 0.15) is 0 Å². The Labute approximate surface area is 66.1 Å². The van der Waals surface area contributed by atoms with Crippen molar-refractivity contribution in [3.63, 3.8) is 0 Å². The maximum Gasteiger partial charge on any atom is 0.227 e. The Bertz CT molecular complexity index is 149. The number of hydrogen-bond acceptors (Lipinski definition) is 3. The van der Waals surface area contributed by atoms with Crippen molar-refractivity contribution in [1.29, 1.82) is 0 Å². The highest BCUT2D eigenvalue weighted by Gasteiger charge is 2.30. The van der Waals surface area contributed by atoms with E-state index in [1.807, 2.05) is 0 Å². The zero-order valence-electron chi connectivity index (χ0n) is 6.67. The largest absolute Gasteiger partial charge is 0.381 e. The van der Waals surface area contributed by atoms with Crippen LogP contribution in [0.2, 0.25) is 0 Å². The molecule has 0 radical (unpaired) electrons. The molecule has 0 spiro atoms. The van der Waals surface area contributed by atoms with Crippen molar-refractivity contribution in [2.75, 3.05) is 20.2 Å². The van der Waals surface area contributed by atoms with Crippen LogP contribution in [0.15, 0.2) is 0 Å². The molecule has 0 aromatic carbocycles. The fraction of sp³-hybridized carbons (Fsp3) is 0.857. The number of nitrogens with two attached hydrogens (primary N) is 1. The van der Waals surface area contributed by atoms with Crippen LogP contribution in [0, 0.1) is 5.92 Å². The normalized spacial score (nSPS) is 31.6. The summed E-state index contributed by atoms with van der Waals surface area (Å²) >= 11 is 0. The van der Waals surface area contributed by atoms with Gasteiger partial charge in [-0.3, -0.25) is 4.79 Å². The molecule has 0 saturated carbocycles. The van der Waals surface area contributed by atoms with Gasteiger partial charge in [-0.1, -0.05) is 0 Å². The van der Waals surface area contributed by atoms with E-state index in [-0.39, 0.29) is 17.9 Å². The summed E-state index contributed by atoms with van der Waals surface area (Å²) in [5.74, 6) is -0.139. The highest BCUT2D eigenvalue weighted by atomic mass is 16.5. The van der Waals surface area contributed by atoms with E-state index in [4.69, 9.17) is 10.5 Å². The highest BCUT2D eigenvalue weighted by Crippen LogP contribution is 2.13. The Kier molecular flexibility index (Phi) is 2.84. The molecule has 2 unspecified atom stereocenters. The van der Waals surface area contributed by atoms with Crippen molar-refractivity contribution < 1.29 is 9.53 Å². The number of amides is 1. The fourth-order valence-electron chi connectivity index (χ4n) is 1.38. The second-order valence-corrected chi connectivity index (χ2v) is 2.70. The zero-order valence-corrected chi connectivity index (χ0v) is 6.67. The lowest BCUT2D eigenvalue weighted by molar-refractivity contribution is -0.132. The molecule has 11 heavy (non-hydrogen) atoms. The Morgan fingerprint density at radius 2 is 2.55 bits per heavy atom. The second kappa shape index (κ2) is 3.69. The van der Waals surface area contributed by atoms with E-state index in [0.29, 0.717) is 13.1 Å². The van der Waals surface area contributed by atoms with Gasteiger partial charge in [0.15, 0.2) is 0 Å². The summed E-state index contributed by atoms with van der Waals surface area (Å²) < 4.78 is 5.12. The van der Waals surface area contributed by atoms with Crippen molar-refractivity contribution >= 4 is 5.91 Å². The quantitative estimate of drug-likeness (QED) is 0.547. The van der Waals surface area contributed by atoms with E-state index in [0.717, 1.165) is 6.42 Å². The van der Waals surface area contributed by atoms with Gasteiger partial charge in [0.2, 0.25) is 5.91 Å². The fourth-order valence-corrected chi connectivity index (χ4v) is 1.38. The van der Waals surface area contributed by atoms with E-state index in [1.165, 1.54) is 0 Å². The summed E-state index contributed by atoms with van der Waals surface area (Å²) in [4.78, 5) is 11.1. The van der Waals surface area contributed by atoms with Crippen LogP contribution in [-0.4, -0.2) is 32.2 Å². The molecule has 0 aromatic rings. The van der Waals surface area contributed by atoms with Crippen LogP contribution in [0.3, 0.4) is 0 Å². The standard InChI is InChI=1S/C7H14N2O2/c1-11-6-2-3-9-7(10)5(6)4-8/h5-6H,2-4,8H2,1H3,(H,9,10). The molecule has 3 N–H and O–H groups in total. The number of nitrogens with one attached hydrogen (secondary N) is 1. The molecule has 1 heterocycles. The molecule has 0 aromatic heterocycles. The Morgan fingerprint density at radius 3 is 3.00 bits per heavy atom. The lowest BCUT2D eigenvalue weighted by Gasteiger charge is -2.28. The minimum absolute atomic E-state index is 0.00810. The van der Waals surface area contributed by atoms with E-state index in [9.17, 15) is 4.79 Å². The molecule has 1 fully saturated rings. The van der Waals surface area contributed by atoms with Crippen molar-refractivity contribution in [2.45, 2.75) is 12.5 Å². The number of methoxy groups -OCH3 is 1. The predicted molar refractivity (Wildman–Crippen MR) is 41.0 cm³/mol. The summed E-state index contributed by atoms with van der Waals surface area (Å²) in [6.45, 7) is 1.07. The third kappa shape index (κ3) is 1.70. The van der Waals surface area contributed by atoms with Gasteiger partial charge in [0, 0.05) is 20.2 Å². The number of piperidine rings is 1. The number of hydrogen-bond donors (Lipinski definition) is 2. The van der Waals surface area contributed by atoms with Crippen molar-refractivity contribution in [2.24, 2.45) is 11.7 Å². The molecule has 1 aliphatic heterocycles. The molecule has 1 saturated heterocycles. The summed E-state index contributed by atoms with van der Waals surface area (Å²) in [5.41, 5.74) is 5.42. The zero-order chi connectivity index (χ0) is 8.27. The lowest BCUT2D eigenvalue weighted by Crippen LogP contribution is -2.48. The van der Waals surface area contributed by atoms with Crippen molar-refractivity contribution in [3.8, 4) is 0 Å². The minimum atomic E-state index is -0.159. The van der Waals surface area contributed by atoms with E-state index in [2.05, 4.69) is 5.32 Å². The van der Waals surface area contributed by atoms with Crippen LogP contribution in [-0.2, 0) is 9.53 Å². The van der Waals surface area contributed by atoms with Gasteiger partial charge in [-0.2, -0.15) is 0 Å². The monoisotopic (exact) mass is 158 g/mol. The SMILES string of the molecule is COC1CCNC(=O)C1CN. The highest BCUT2D eigenvalue weighted by molar-refractivity contribution is 5.80. The van der Waals surface area contributed by atoms with Crippen molar-refractivity contribution in [3.05, 3.63) is 0 Å². The first-order valence-electron chi connectivity index (χ1n) is 3.80. The van der Waals surface area contributed by atoms with Gasteiger partial charge >= 0.3 is 0 Å². The van der Waals surface area contributed by atoms with Crippen LogP contribution in [0.4, 0.5) is 0 Å².